The van der Waals surface area contributed by atoms with Gasteiger partial charge in [-0.05, 0) is 15.9 Å². The fourth-order valence-corrected chi connectivity index (χ4v) is 0.934. The Labute approximate surface area is 101 Å². The third-order valence-corrected chi connectivity index (χ3v) is 1.75. The van der Waals surface area contributed by atoms with E-state index in [1.54, 1.807) is 15.9 Å². The molecular weight excluding hydrogens is 346 g/mol. The van der Waals surface area contributed by atoms with E-state index < -0.39 is 34.7 Å². The summed E-state index contributed by atoms with van der Waals surface area (Å²) in [7, 11) is 0. The van der Waals surface area contributed by atoms with E-state index in [4.69, 9.17) is 0 Å². The standard InChI is InChI=1S/C6BrF8N3/c7-4(8,9)1-16-2(5(10,11)12)18-3(17-1)6(13,14)15. The second-order valence-electron chi connectivity index (χ2n) is 2.80. The Hall–Kier alpha value is -1.07. The molecular formula is C6BrF8N3. The summed E-state index contributed by atoms with van der Waals surface area (Å²) in [6.07, 6.45) is -10.8. The predicted molar refractivity (Wildman–Crippen MR) is 42.7 cm³/mol. The van der Waals surface area contributed by atoms with Crippen molar-refractivity contribution in [3.05, 3.63) is 17.5 Å². The van der Waals surface area contributed by atoms with Crippen LogP contribution in [0.5, 0.6) is 0 Å². The molecule has 1 aromatic heterocycles. The van der Waals surface area contributed by atoms with Crippen molar-refractivity contribution in [2.24, 2.45) is 0 Å². The molecule has 1 heterocycles. The topological polar surface area (TPSA) is 38.7 Å². The van der Waals surface area contributed by atoms with Gasteiger partial charge in [0.2, 0.25) is 17.5 Å². The van der Waals surface area contributed by atoms with Crippen molar-refractivity contribution < 1.29 is 35.1 Å². The largest absolute Gasteiger partial charge is 0.451 e. The Morgan fingerprint density at radius 1 is 0.611 bits per heavy atom. The molecule has 0 aliphatic rings. The second-order valence-corrected chi connectivity index (χ2v) is 3.80. The predicted octanol–water partition coefficient (Wildman–Crippen LogP) is 3.35. The van der Waals surface area contributed by atoms with Gasteiger partial charge in [-0.25, -0.2) is 15.0 Å². The molecule has 0 saturated carbocycles. The first-order valence-corrected chi connectivity index (χ1v) is 4.59. The molecule has 0 unspecified atom stereocenters. The minimum Gasteiger partial charge on any atom is -0.202 e. The number of hydrogen-bond acceptors (Lipinski definition) is 3. The van der Waals surface area contributed by atoms with E-state index in [1.807, 2.05) is 0 Å². The lowest BCUT2D eigenvalue weighted by atomic mass is 10.5. The van der Waals surface area contributed by atoms with Gasteiger partial charge in [0, 0.05) is 0 Å². The van der Waals surface area contributed by atoms with Gasteiger partial charge < -0.3 is 0 Å². The molecule has 0 aromatic carbocycles. The number of aromatic nitrogens is 3. The first kappa shape index (κ1) is 15.0. The van der Waals surface area contributed by atoms with E-state index in [9.17, 15) is 35.1 Å². The molecule has 0 radical (unpaired) electrons. The quantitative estimate of drug-likeness (QED) is 0.578. The van der Waals surface area contributed by atoms with Crippen molar-refractivity contribution >= 4 is 15.9 Å². The van der Waals surface area contributed by atoms with Crippen LogP contribution in [0.1, 0.15) is 17.5 Å². The molecule has 1 aromatic rings. The number of nitrogens with zero attached hydrogens (tertiary/aromatic N) is 3. The Bertz CT molecular complexity index is 369. The molecule has 0 N–H and O–H groups in total. The number of rotatable bonds is 1. The lowest BCUT2D eigenvalue weighted by Crippen LogP contribution is -2.23. The lowest BCUT2D eigenvalue weighted by Gasteiger charge is -2.13. The minimum absolute atomic E-state index is 1.57. The Kier molecular flexibility index (Phi) is 3.53. The molecule has 0 aliphatic carbocycles. The average molecular weight is 346 g/mol. The molecule has 0 atom stereocenters. The van der Waals surface area contributed by atoms with Gasteiger partial charge in [0.1, 0.15) is 0 Å². The molecule has 0 bridgehead atoms. The summed E-state index contributed by atoms with van der Waals surface area (Å²) < 4.78 is 98.1. The summed E-state index contributed by atoms with van der Waals surface area (Å²) in [6, 6.07) is 0. The summed E-state index contributed by atoms with van der Waals surface area (Å²) in [6.45, 7) is 0. The van der Waals surface area contributed by atoms with Gasteiger partial charge in [0.25, 0.3) is 0 Å². The van der Waals surface area contributed by atoms with Crippen molar-refractivity contribution in [1.29, 1.82) is 0 Å². The van der Waals surface area contributed by atoms with Crippen LogP contribution in [0.2, 0.25) is 0 Å². The number of halogens is 9. The van der Waals surface area contributed by atoms with Crippen LogP contribution in [0.3, 0.4) is 0 Å². The molecule has 0 fully saturated rings. The smallest absolute Gasteiger partial charge is 0.202 e. The van der Waals surface area contributed by atoms with Crippen molar-refractivity contribution in [2.75, 3.05) is 0 Å². The van der Waals surface area contributed by atoms with Crippen LogP contribution >= 0.6 is 15.9 Å². The van der Waals surface area contributed by atoms with E-state index in [0.717, 1.165) is 0 Å². The summed E-state index contributed by atoms with van der Waals surface area (Å²) >= 11 is 1.57. The van der Waals surface area contributed by atoms with Crippen LogP contribution in [0.15, 0.2) is 0 Å². The zero-order valence-electron chi connectivity index (χ0n) is 7.74. The summed E-state index contributed by atoms with van der Waals surface area (Å²) in [5, 5.41) is 0. The average Bonchev–Trinajstić information content (AvgIpc) is 2.13. The highest BCUT2D eigenvalue weighted by molar-refractivity contribution is 9.09. The summed E-state index contributed by atoms with van der Waals surface area (Å²) in [5.74, 6) is -6.67. The highest BCUT2D eigenvalue weighted by Gasteiger charge is 2.44. The molecule has 0 saturated heterocycles. The number of alkyl halides is 9. The molecule has 18 heavy (non-hydrogen) atoms. The zero-order valence-corrected chi connectivity index (χ0v) is 9.33. The first-order chi connectivity index (χ1) is 7.82. The van der Waals surface area contributed by atoms with Crippen LogP contribution in [0.25, 0.3) is 0 Å². The third-order valence-electron chi connectivity index (χ3n) is 1.40. The summed E-state index contributed by atoms with van der Waals surface area (Å²) in [4.78, 5) is 2.31. The third kappa shape index (κ3) is 3.46. The molecule has 102 valence electrons. The van der Waals surface area contributed by atoms with Crippen LogP contribution in [0.4, 0.5) is 35.1 Å². The molecule has 0 spiro atoms. The van der Waals surface area contributed by atoms with E-state index in [1.165, 1.54) is 0 Å². The van der Waals surface area contributed by atoms with Gasteiger partial charge in [-0.2, -0.15) is 35.1 Å². The first-order valence-electron chi connectivity index (χ1n) is 3.79. The number of hydrogen-bond donors (Lipinski definition) is 0. The SMILES string of the molecule is FC(F)(F)c1nc(C(F)(F)F)nc(C(F)(F)Br)n1. The van der Waals surface area contributed by atoms with Gasteiger partial charge in [0.15, 0.2) is 0 Å². The van der Waals surface area contributed by atoms with E-state index in [0.29, 0.717) is 0 Å². The maximum absolute atomic E-state index is 12.6. The van der Waals surface area contributed by atoms with Crippen molar-refractivity contribution in [3.63, 3.8) is 0 Å². The van der Waals surface area contributed by atoms with Gasteiger partial charge in [-0.1, -0.05) is 0 Å². The fraction of sp³-hybridized carbons (Fsp3) is 0.500. The van der Waals surface area contributed by atoms with Crippen LogP contribution < -0.4 is 0 Å². The Morgan fingerprint density at radius 3 is 1.11 bits per heavy atom. The van der Waals surface area contributed by atoms with Gasteiger partial charge in [-0.15, -0.1) is 0 Å². The molecule has 0 amide bonds. The highest BCUT2D eigenvalue weighted by atomic mass is 79.9. The Balaban J connectivity index is 3.49. The highest BCUT2D eigenvalue weighted by Crippen LogP contribution is 2.36. The normalized spacial score (nSPS) is 13.8. The van der Waals surface area contributed by atoms with Crippen molar-refractivity contribution in [2.45, 2.75) is 17.2 Å². The zero-order chi connectivity index (χ0) is 14.4. The maximum atomic E-state index is 12.6. The Morgan fingerprint density at radius 2 is 0.889 bits per heavy atom. The summed E-state index contributed by atoms with van der Waals surface area (Å²) in [5.41, 5.74) is 0. The minimum atomic E-state index is -5.41. The van der Waals surface area contributed by atoms with E-state index in [2.05, 4.69) is 15.0 Å². The maximum Gasteiger partial charge on any atom is 0.451 e. The molecule has 3 nitrogen and oxygen atoms in total. The van der Waals surface area contributed by atoms with Gasteiger partial charge in [0.05, 0.1) is 0 Å². The van der Waals surface area contributed by atoms with E-state index >= 15 is 0 Å². The van der Waals surface area contributed by atoms with Gasteiger partial charge in [-0.3, -0.25) is 0 Å². The van der Waals surface area contributed by atoms with Crippen LogP contribution in [-0.4, -0.2) is 15.0 Å². The van der Waals surface area contributed by atoms with Crippen LogP contribution in [-0.2, 0) is 17.2 Å². The second kappa shape index (κ2) is 4.24. The molecule has 0 aliphatic heterocycles. The monoisotopic (exact) mass is 345 g/mol. The molecule has 1 rings (SSSR count). The van der Waals surface area contributed by atoms with E-state index in [-0.39, 0.29) is 0 Å². The lowest BCUT2D eigenvalue weighted by molar-refractivity contribution is -0.156. The fourth-order valence-electron chi connectivity index (χ4n) is 0.756. The van der Waals surface area contributed by atoms with Crippen molar-refractivity contribution in [1.82, 2.24) is 15.0 Å². The molecule has 12 heteroatoms. The van der Waals surface area contributed by atoms with Crippen molar-refractivity contribution in [3.8, 4) is 0 Å². The van der Waals surface area contributed by atoms with Crippen LogP contribution in [0, 0.1) is 0 Å². The van der Waals surface area contributed by atoms with Gasteiger partial charge >= 0.3 is 17.2 Å².